The fourth-order valence-corrected chi connectivity index (χ4v) is 2.54. The van der Waals surface area contributed by atoms with E-state index in [1.165, 1.54) is 11.3 Å². The highest BCUT2D eigenvalue weighted by Crippen LogP contribution is 2.32. The van der Waals surface area contributed by atoms with Crippen molar-refractivity contribution in [2.24, 2.45) is 0 Å². The van der Waals surface area contributed by atoms with Gasteiger partial charge in [0.25, 0.3) is 0 Å². The summed E-state index contributed by atoms with van der Waals surface area (Å²) < 4.78 is 0. The van der Waals surface area contributed by atoms with Gasteiger partial charge in [-0.2, -0.15) is 0 Å². The zero-order valence-electron chi connectivity index (χ0n) is 10.0. The second-order valence-corrected chi connectivity index (χ2v) is 5.35. The molecule has 0 bridgehead atoms. The number of hydrogen-bond donors (Lipinski definition) is 2. The molecule has 0 aliphatic carbocycles. The second-order valence-electron chi connectivity index (χ2n) is 3.65. The first-order chi connectivity index (χ1) is 9.10. The van der Waals surface area contributed by atoms with E-state index in [1.807, 2.05) is 12.3 Å². The largest absolute Gasteiger partial charge is 0.338 e. The average Bonchev–Trinajstić information content (AvgIpc) is 2.81. The number of carbonyl (C=O) groups is 1. The van der Waals surface area contributed by atoms with Gasteiger partial charge in [0.15, 0.2) is 5.13 Å². The van der Waals surface area contributed by atoms with Crippen LogP contribution in [-0.2, 0) is 0 Å². The molecular formula is C12H11Cl2N3OS. The highest BCUT2D eigenvalue weighted by Gasteiger charge is 2.10. The first-order valence-corrected chi connectivity index (χ1v) is 7.19. The molecule has 0 saturated heterocycles. The standard InChI is InChI=1S/C12H11Cl2N3OS/c1-2-15-11(18)17-12-16-10(6-19-12)8-5-7(13)3-4-9(8)14/h3-6H,2H2,1H3,(H2,15,16,17,18). The number of carbonyl (C=O) groups excluding carboxylic acids is 1. The van der Waals surface area contributed by atoms with Crippen LogP contribution >= 0.6 is 34.5 Å². The number of anilines is 1. The predicted molar refractivity (Wildman–Crippen MR) is 80.3 cm³/mol. The van der Waals surface area contributed by atoms with Crippen LogP contribution in [0.2, 0.25) is 10.0 Å². The molecular weight excluding hydrogens is 305 g/mol. The number of urea groups is 1. The number of nitrogens with one attached hydrogen (secondary N) is 2. The maximum atomic E-state index is 11.4. The maximum absolute atomic E-state index is 11.4. The van der Waals surface area contributed by atoms with Crippen molar-refractivity contribution in [3.63, 3.8) is 0 Å². The van der Waals surface area contributed by atoms with Crippen LogP contribution in [-0.4, -0.2) is 17.6 Å². The van der Waals surface area contributed by atoms with E-state index in [0.717, 1.165) is 5.56 Å². The van der Waals surface area contributed by atoms with Crippen molar-refractivity contribution >= 4 is 45.7 Å². The van der Waals surface area contributed by atoms with Gasteiger partial charge in [0.1, 0.15) is 0 Å². The topological polar surface area (TPSA) is 54.0 Å². The smallest absolute Gasteiger partial charge is 0.321 e. The molecule has 0 spiro atoms. The maximum Gasteiger partial charge on any atom is 0.321 e. The normalized spacial score (nSPS) is 10.3. The van der Waals surface area contributed by atoms with Crippen LogP contribution in [0.25, 0.3) is 11.3 Å². The fourth-order valence-electron chi connectivity index (χ4n) is 1.45. The molecule has 4 nitrogen and oxygen atoms in total. The van der Waals surface area contributed by atoms with E-state index in [-0.39, 0.29) is 6.03 Å². The molecule has 100 valence electrons. The van der Waals surface area contributed by atoms with Crippen molar-refractivity contribution in [1.82, 2.24) is 10.3 Å². The van der Waals surface area contributed by atoms with Gasteiger partial charge in [-0.15, -0.1) is 11.3 Å². The summed E-state index contributed by atoms with van der Waals surface area (Å²) in [7, 11) is 0. The van der Waals surface area contributed by atoms with Crippen molar-refractivity contribution in [2.75, 3.05) is 11.9 Å². The molecule has 1 heterocycles. The lowest BCUT2D eigenvalue weighted by atomic mass is 10.2. The summed E-state index contributed by atoms with van der Waals surface area (Å²) >= 11 is 13.4. The van der Waals surface area contributed by atoms with E-state index >= 15 is 0 Å². The molecule has 19 heavy (non-hydrogen) atoms. The van der Waals surface area contributed by atoms with Gasteiger partial charge in [-0.1, -0.05) is 23.2 Å². The molecule has 2 aromatic rings. The molecule has 0 radical (unpaired) electrons. The van der Waals surface area contributed by atoms with Gasteiger partial charge in [0.2, 0.25) is 0 Å². The van der Waals surface area contributed by atoms with Gasteiger partial charge < -0.3 is 5.32 Å². The van der Waals surface area contributed by atoms with Crippen LogP contribution in [0, 0.1) is 0 Å². The van der Waals surface area contributed by atoms with Crippen LogP contribution in [0.3, 0.4) is 0 Å². The Labute approximate surface area is 124 Å². The van der Waals surface area contributed by atoms with Crippen molar-refractivity contribution in [2.45, 2.75) is 6.92 Å². The van der Waals surface area contributed by atoms with Crippen LogP contribution in [0.4, 0.5) is 9.93 Å². The quantitative estimate of drug-likeness (QED) is 0.889. The fraction of sp³-hybridized carbons (Fsp3) is 0.167. The van der Waals surface area contributed by atoms with Gasteiger partial charge in [-0.25, -0.2) is 9.78 Å². The van der Waals surface area contributed by atoms with Gasteiger partial charge in [-0.3, -0.25) is 5.32 Å². The van der Waals surface area contributed by atoms with Crippen LogP contribution < -0.4 is 10.6 Å². The molecule has 0 aliphatic heterocycles. The summed E-state index contributed by atoms with van der Waals surface area (Å²) in [5, 5.41) is 8.77. The molecule has 2 N–H and O–H groups in total. The molecule has 1 aromatic carbocycles. The molecule has 0 fully saturated rings. The first-order valence-electron chi connectivity index (χ1n) is 5.56. The lowest BCUT2D eigenvalue weighted by Gasteiger charge is -2.02. The summed E-state index contributed by atoms with van der Waals surface area (Å²) in [6.45, 7) is 2.41. The van der Waals surface area contributed by atoms with E-state index < -0.39 is 0 Å². The van der Waals surface area contributed by atoms with Gasteiger partial charge in [0.05, 0.1) is 10.7 Å². The summed E-state index contributed by atoms with van der Waals surface area (Å²) in [5.41, 5.74) is 1.43. The highest BCUT2D eigenvalue weighted by atomic mass is 35.5. The summed E-state index contributed by atoms with van der Waals surface area (Å²) in [5.74, 6) is 0. The molecule has 2 amide bonds. The van der Waals surface area contributed by atoms with E-state index in [0.29, 0.717) is 27.4 Å². The Kier molecular flexibility index (Phi) is 4.63. The Hall–Kier alpha value is -1.30. The Bertz CT molecular complexity index is 600. The monoisotopic (exact) mass is 315 g/mol. The number of nitrogens with zero attached hydrogens (tertiary/aromatic N) is 1. The number of rotatable bonds is 3. The number of benzene rings is 1. The van der Waals surface area contributed by atoms with Crippen molar-refractivity contribution < 1.29 is 4.79 Å². The molecule has 0 unspecified atom stereocenters. The minimum Gasteiger partial charge on any atom is -0.338 e. The molecule has 1 aromatic heterocycles. The Morgan fingerprint density at radius 2 is 2.21 bits per heavy atom. The van der Waals surface area contributed by atoms with E-state index in [2.05, 4.69) is 15.6 Å². The van der Waals surface area contributed by atoms with Gasteiger partial charge in [-0.05, 0) is 25.1 Å². The van der Waals surface area contributed by atoms with E-state index in [1.54, 1.807) is 18.2 Å². The summed E-state index contributed by atoms with van der Waals surface area (Å²) in [4.78, 5) is 15.7. The minimum atomic E-state index is -0.277. The number of hydrogen-bond acceptors (Lipinski definition) is 3. The summed E-state index contributed by atoms with van der Waals surface area (Å²) in [6.07, 6.45) is 0. The van der Waals surface area contributed by atoms with Gasteiger partial charge in [0, 0.05) is 22.5 Å². The van der Waals surface area contributed by atoms with Crippen molar-refractivity contribution in [1.29, 1.82) is 0 Å². The molecule has 7 heteroatoms. The zero-order valence-corrected chi connectivity index (χ0v) is 12.4. The Balaban J connectivity index is 2.21. The third kappa shape index (κ3) is 3.59. The third-order valence-electron chi connectivity index (χ3n) is 2.27. The number of halogens is 2. The predicted octanol–water partition coefficient (Wildman–Crippen LogP) is 4.26. The summed E-state index contributed by atoms with van der Waals surface area (Å²) in [6, 6.07) is 4.90. The SMILES string of the molecule is CCNC(=O)Nc1nc(-c2cc(Cl)ccc2Cl)cs1. The van der Waals surface area contributed by atoms with Crippen LogP contribution in [0.15, 0.2) is 23.6 Å². The van der Waals surface area contributed by atoms with Gasteiger partial charge >= 0.3 is 6.03 Å². The molecule has 0 aliphatic rings. The third-order valence-corrected chi connectivity index (χ3v) is 3.59. The Morgan fingerprint density at radius 3 is 2.95 bits per heavy atom. The highest BCUT2D eigenvalue weighted by molar-refractivity contribution is 7.14. The van der Waals surface area contributed by atoms with Crippen molar-refractivity contribution in [3.05, 3.63) is 33.6 Å². The first kappa shape index (κ1) is 14.1. The zero-order chi connectivity index (χ0) is 13.8. The number of aromatic nitrogens is 1. The van der Waals surface area contributed by atoms with Crippen LogP contribution in [0.1, 0.15) is 6.92 Å². The van der Waals surface area contributed by atoms with E-state index in [4.69, 9.17) is 23.2 Å². The minimum absolute atomic E-state index is 0.277. The van der Waals surface area contributed by atoms with Crippen LogP contribution in [0.5, 0.6) is 0 Å². The molecule has 0 atom stereocenters. The molecule has 0 saturated carbocycles. The number of amides is 2. The second kappa shape index (κ2) is 6.23. The number of thiazole rings is 1. The average molecular weight is 316 g/mol. The molecule has 2 rings (SSSR count). The van der Waals surface area contributed by atoms with Crippen molar-refractivity contribution in [3.8, 4) is 11.3 Å². The lowest BCUT2D eigenvalue weighted by molar-refractivity contribution is 0.252. The lowest BCUT2D eigenvalue weighted by Crippen LogP contribution is -2.28. The van der Waals surface area contributed by atoms with E-state index in [9.17, 15) is 4.79 Å². The Morgan fingerprint density at radius 1 is 1.42 bits per heavy atom.